The normalized spacial score (nSPS) is 15.3. The van der Waals surface area contributed by atoms with Crippen LogP contribution in [-0.2, 0) is 9.53 Å². The number of imide groups is 1. The van der Waals surface area contributed by atoms with Crippen LogP contribution in [0.25, 0.3) is 0 Å². The lowest BCUT2D eigenvalue weighted by Crippen LogP contribution is -2.33. The Morgan fingerprint density at radius 2 is 1.61 bits per heavy atom. The van der Waals surface area contributed by atoms with Crippen molar-refractivity contribution in [1.29, 1.82) is 0 Å². The summed E-state index contributed by atoms with van der Waals surface area (Å²) in [5, 5.41) is 2.96. The number of esters is 1. The number of hydrogen-bond acceptors (Lipinski definition) is 6. The van der Waals surface area contributed by atoms with Gasteiger partial charge in [0.05, 0.1) is 35.5 Å². The SMILES string of the molecule is COc1ccc(C(NC(=O)COC(=O)c2cccc(N3C(=O)c4ccccc4C3=O)c2)C2CC2)cc1. The molecule has 2 aliphatic rings. The minimum absolute atomic E-state index is 0.130. The lowest BCUT2D eigenvalue weighted by Gasteiger charge is -2.19. The number of ether oxygens (including phenoxy) is 2. The third-order valence-electron chi connectivity index (χ3n) is 6.35. The van der Waals surface area contributed by atoms with E-state index in [1.807, 2.05) is 24.3 Å². The van der Waals surface area contributed by atoms with Crippen LogP contribution in [0.1, 0.15) is 55.5 Å². The average Bonchev–Trinajstić information content (AvgIpc) is 3.72. The summed E-state index contributed by atoms with van der Waals surface area (Å²) in [5.74, 6) is -0.967. The second-order valence-electron chi connectivity index (χ2n) is 8.77. The van der Waals surface area contributed by atoms with Gasteiger partial charge in [0.25, 0.3) is 17.7 Å². The molecule has 36 heavy (non-hydrogen) atoms. The number of nitrogens with zero attached hydrogens (tertiary/aromatic N) is 1. The maximum absolute atomic E-state index is 12.7. The van der Waals surface area contributed by atoms with E-state index >= 15 is 0 Å². The van der Waals surface area contributed by atoms with Crippen molar-refractivity contribution in [3.63, 3.8) is 0 Å². The largest absolute Gasteiger partial charge is 0.497 e. The summed E-state index contributed by atoms with van der Waals surface area (Å²) in [5.41, 5.74) is 1.98. The van der Waals surface area contributed by atoms with Gasteiger partial charge in [-0.3, -0.25) is 14.4 Å². The summed E-state index contributed by atoms with van der Waals surface area (Å²) < 4.78 is 10.4. The van der Waals surface area contributed by atoms with E-state index in [2.05, 4.69) is 5.32 Å². The van der Waals surface area contributed by atoms with Crippen molar-refractivity contribution in [2.45, 2.75) is 18.9 Å². The van der Waals surface area contributed by atoms with E-state index in [0.717, 1.165) is 29.1 Å². The van der Waals surface area contributed by atoms with Crippen LogP contribution in [0.15, 0.2) is 72.8 Å². The predicted octanol–water partition coefficient (Wildman–Crippen LogP) is 3.92. The van der Waals surface area contributed by atoms with Crippen LogP contribution in [0.4, 0.5) is 5.69 Å². The standard InChI is InChI=1S/C28H24N2O6/c1-35-21-13-11-18(12-14-21)25(17-9-10-17)29-24(31)16-36-28(34)19-5-4-6-20(15-19)30-26(32)22-7-2-3-8-23(22)27(30)33/h2-8,11-15,17,25H,9-10,16H2,1H3,(H,29,31). The van der Waals surface area contributed by atoms with Crippen molar-refractivity contribution < 1.29 is 28.7 Å². The Labute approximate surface area is 207 Å². The smallest absolute Gasteiger partial charge is 0.338 e. The van der Waals surface area contributed by atoms with E-state index in [-0.39, 0.29) is 17.3 Å². The molecule has 0 aromatic heterocycles. The number of benzene rings is 3. The second-order valence-corrected chi connectivity index (χ2v) is 8.77. The average molecular weight is 485 g/mol. The highest BCUT2D eigenvalue weighted by molar-refractivity contribution is 6.34. The van der Waals surface area contributed by atoms with E-state index in [9.17, 15) is 19.2 Å². The van der Waals surface area contributed by atoms with Crippen molar-refractivity contribution >= 4 is 29.4 Å². The monoisotopic (exact) mass is 484 g/mol. The van der Waals surface area contributed by atoms with Gasteiger partial charge in [0.15, 0.2) is 6.61 Å². The van der Waals surface area contributed by atoms with E-state index in [1.165, 1.54) is 12.1 Å². The molecule has 0 saturated heterocycles. The molecule has 8 heteroatoms. The van der Waals surface area contributed by atoms with Gasteiger partial charge >= 0.3 is 5.97 Å². The van der Waals surface area contributed by atoms with Gasteiger partial charge in [-0.25, -0.2) is 9.69 Å². The van der Waals surface area contributed by atoms with Crippen molar-refractivity contribution in [2.24, 2.45) is 5.92 Å². The van der Waals surface area contributed by atoms with Crippen molar-refractivity contribution in [1.82, 2.24) is 5.32 Å². The molecule has 0 radical (unpaired) electrons. The molecule has 1 aliphatic heterocycles. The fourth-order valence-corrected chi connectivity index (χ4v) is 4.34. The van der Waals surface area contributed by atoms with Gasteiger partial charge in [0.1, 0.15) is 5.75 Å². The Morgan fingerprint density at radius 1 is 0.944 bits per heavy atom. The molecule has 1 aliphatic carbocycles. The van der Waals surface area contributed by atoms with Crippen molar-refractivity contribution in [3.8, 4) is 5.75 Å². The Balaban J connectivity index is 1.23. The first-order valence-corrected chi connectivity index (χ1v) is 11.6. The van der Waals surface area contributed by atoms with Gasteiger partial charge in [-0.15, -0.1) is 0 Å². The first-order chi connectivity index (χ1) is 17.5. The van der Waals surface area contributed by atoms with Crippen LogP contribution in [0.3, 0.4) is 0 Å². The van der Waals surface area contributed by atoms with Crippen LogP contribution < -0.4 is 15.0 Å². The number of methoxy groups -OCH3 is 1. The molecule has 3 amide bonds. The Hall–Kier alpha value is -4.46. The van der Waals surface area contributed by atoms with Crippen molar-refractivity contribution in [3.05, 3.63) is 95.1 Å². The van der Waals surface area contributed by atoms with Crippen LogP contribution >= 0.6 is 0 Å². The summed E-state index contributed by atoms with van der Waals surface area (Å²) in [7, 11) is 1.60. The van der Waals surface area contributed by atoms with Gasteiger partial charge in [0.2, 0.25) is 0 Å². The number of carbonyl (C=O) groups excluding carboxylic acids is 4. The van der Waals surface area contributed by atoms with Gasteiger partial charge in [0, 0.05) is 0 Å². The number of anilines is 1. The number of nitrogens with one attached hydrogen (secondary N) is 1. The zero-order chi connectivity index (χ0) is 25.2. The van der Waals surface area contributed by atoms with E-state index < -0.39 is 30.3 Å². The van der Waals surface area contributed by atoms with E-state index in [0.29, 0.717) is 17.0 Å². The first-order valence-electron chi connectivity index (χ1n) is 11.6. The maximum atomic E-state index is 12.7. The zero-order valence-corrected chi connectivity index (χ0v) is 19.6. The van der Waals surface area contributed by atoms with Gasteiger partial charge in [-0.1, -0.05) is 30.3 Å². The molecule has 1 heterocycles. The van der Waals surface area contributed by atoms with Gasteiger partial charge in [-0.2, -0.15) is 0 Å². The molecule has 1 atom stereocenters. The molecule has 182 valence electrons. The Bertz CT molecular complexity index is 1310. The predicted molar refractivity (Wildman–Crippen MR) is 131 cm³/mol. The molecule has 0 spiro atoms. The minimum atomic E-state index is -0.726. The molecule has 3 aromatic carbocycles. The summed E-state index contributed by atoms with van der Waals surface area (Å²) in [6.07, 6.45) is 2.03. The molecule has 1 unspecified atom stereocenters. The lowest BCUT2D eigenvalue weighted by atomic mass is 10.0. The van der Waals surface area contributed by atoms with Crippen LogP contribution in [0.2, 0.25) is 0 Å². The first kappa shape index (κ1) is 23.3. The summed E-state index contributed by atoms with van der Waals surface area (Å²) in [4.78, 5) is 51.8. The van der Waals surface area contributed by atoms with Crippen LogP contribution in [0.5, 0.6) is 5.75 Å². The third kappa shape index (κ3) is 4.57. The quantitative estimate of drug-likeness (QED) is 0.384. The molecular weight excluding hydrogens is 460 g/mol. The molecule has 5 rings (SSSR count). The highest BCUT2D eigenvalue weighted by Crippen LogP contribution is 2.41. The number of carbonyl (C=O) groups is 4. The molecule has 1 saturated carbocycles. The fourth-order valence-electron chi connectivity index (χ4n) is 4.34. The summed E-state index contributed by atoms with van der Waals surface area (Å²) >= 11 is 0. The molecule has 1 N–H and O–H groups in total. The lowest BCUT2D eigenvalue weighted by molar-refractivity contribution is -0.125. The molecule has 1 fully saturated rings. The maximum Gasteiger partial charge on any atom is 0.338 e. The van der Waals surface area contributed by atoms with Crippen molar-refractivity contribution in [2.75, 3.05) is 18.6 Å². The highest BCUT2D eigenvalue weighted by atomic mass is 16.5. The second kappa shape index (κ2) is 9.65. The fraction of sp³-hybridized carbons (Fsp3) is 0.214. The van der Waals surface area contributed by atoms with Crippen LogP contribution in [-0.4, -0.2) is 37.4 Å². The van der Waals surface area contributed by atoms with Crippen LogP contribution in [0, 0.1) is 5.92 Å². The van der Waals surface area contributed by atoms with Gasteiger partial charge in [-0.05, 0) is 66.8 Å². The number of fused-ring (bicyclic) bond motifs is 1. The Kier molecular flexibility index (Phi) is 6.25. The third-order valence-corrected chi connectivity index (χ3v) is 6.35. The summed E-state index contributed by atoms with van der Waals surface area (Å²) in [6, 6.07) is 20.0. The number of rotatable bonds is 8. The van der Waals surface area contributed by atoms with E-state index in [4.69, 9.17) is 9.47 Å². The zero-order valence-electron chi connectivity index (χ0n) is 19.6. The number of amides is 3. The highest BCUT2D eigenvalue weighted by Gasteiger charge is 2.36. The molecular formula is C28H24N2O6. The minimum Gasteiger partial charge on any atom is -0.497 e. The van der Waals surface area contributed by atoms with Gasteiger partial charge < -0.3 is 14.8 Å². The molecule has 3 aromatic rings. The Morgan fingerprint density at radius 3 is 2.22 bits per heavy atom. The topological polar surface area (TPSA) is 102 Å². The number of hydrogen-bond donors (Lipinski definition) is 1. The molecule has 0 bridgehead atoms. The summed E-state index contributed by atoms with van der Waals surface area (Å²) in [6.45, 7) is -0.449. The van der Waals surface area contributed by atoms with E-state index in [1.54, 1.807) is 43.5 Å². The molecule has 8 nitrogen and oxygen atoms in total.